The molecule has 1 aliphatic heterocycles. The van der Waals surface area contributed by atoms with E-state index in [1.54, 1.807) is 12.1 Å². The predicted octanol–water partition coefficient (Wildman–Crippen LogP) is 2.36. The standard InChI is InChI=1S/C14H17FN2O/c15-14-11(8-16)4-3-5-12(14)9-18-10-13-6-1-2-7-17-13/h3-5,13,17H,1-2,6-7,9-10H2. The van der Waals surface area contributed by atoms with E-state index < -0.39 is 5.82 Å². The summed E-state index contributed by atoms with van der Waals surface area (Å²) in [5.74, 6) is -0.461. The molecule has 0 radical (unpaired) electrons. The van der Waals surface area contributed by atoms with Crippen LogP contribution in [0, 0.1) is 17.1 Å². The summed E-state index contributed by atoms with van der Waals surface area (Å²) in [4.78, 5) is 0. The highest BCUT2D eigenvalue weighted by atomic mass is 19.1. The van der Waals surface area contributed by atoms with Crippen molar-refractivity contribution >= 4 is 0 Å². The lowest BCUT2D eigenvalue weighted by Crippen LogP contribution is -2.37. The number of halogens is 1. The summed E-state index contributed by atoms with van der Waals surface area (Å²) in [5.41, 5.74) is 0.525. The van der Waals surface area contributed by atoms with Gasteiger partial charge in [-0.2, -0.15) is 5.26 Å². The molecule has 1 fully saturated rings. The lowest BCUT2D eigenvalue weighted by Gasteiger charge is -2.23. The first-order chi connectivity index (χ1) is 8.81. The minimum Gasteiger partial charge on any atom is -0.375 e. The molecule has 0 saturated carbocycles. The van der Waals surface area contributed by atoms with E-state index in [9.17, 15) is 4.39 Å². The van der Waals surface area contributed by atoms with Gasteiger partial charge >= 0.3 is 0 Å². The average molecular weight is 248 g/mol. The van der Waals surface area contributed by atoms with Crippen molar-refractivity contribution in [2.75, 3.05) is 13.2 Å². The highest BCUT2D eigenvalue weighted by Crippen LogP contribution is 2.14. The van der Waals surface area contributed by atoms with Crippen LogP contribution in [-0.2, 0) is 11.3 Å². The summed E-state index contributed by atoms with van der Waals surface area (Å²) in [6.45, 7) is 1.85. The van der Waals surface area contributed by atoms with Crippen LogP contribution in [0.5, 0.6) is 0 Å². The smallest absolute Gasteiger partial charge is 0.146 e. The van der Waals surface area contributed by atoms with Crippen LogP contribution in [0.15, 0.2) is 18.2 Å². The Balaban J connectivity index is 1.84. The van der Waals surface area contributed by atoms with Gasteiger partial charge in [-0.25, -0.2) is 4.39 Å². The zero-order valence-corrected chi connectivity index (χ0v) is 10.3. The largest absolute Gasteiger partial charge is 0.375 e. The van der Waals surface area contributed by atoms with Crippen molar-refractivity contribution in [1.82, 2.24) is 5.32 Å². The van der Waals surface area contributed by atoms with Gasteiger partial charge in [0.25, 0.3) is 0 Å². The van der Waals surface area contributed by atoms with Crippen LogP contribution in [-0.4, -0.2) is 19.2 Å². The van der Waals surface area contributed by atoms with Crippen LogP contribution in [0.25, 0.3) is 0 Å². The molecule has 1 aromatic carbocycles. The van der Waals surface area contributed by atoms with Gasteiger partial charge < -0.3 is 10.1 Å². The second kappa shape index (κ2) is 6.48. The van der Waals surface area contributed by atoms with E-state index in [-0.39, 0.29) is 12.2 Å². The summed E-state index contributed by atoms with van der Waals surface area (Å²) in [7, 11) is 0. The van der Waals surface area contributed by atoms with Gasteiger partial charge in [0.1, 0.15) is 11.9 Å². The van der Waals surface area contributed by atoms with Gasteiger partial charge in [0.15, 0.2) is 0 Å². The summed E-state index contributed by atoms with van der Waals surface area (Å²) < 4.78 is 19.2. The molecule has 96 valence electrons. The second-order valence-electron chi connectivity index (χ2n) is 4.55. The minimum atomic E-state index is -0.461. The van der Waals surface area contributed by atoms with Crippen molar-refractivity contribution in [2.24, 2.45) is 0 Å². The van der Waals surface area contributed by atoms with Gasteiger partial charge in [-0.1, -0.05) is 18.6 Å². The van der Waals surface area contributed by atoms with Gasteiger partial charge in [-0.05, 0) is 25.5 Å². The van der Waals surface area contributed by atoms with E-state index in [0.717, 1.165) is 13.0 Å². The lowest BCUT2D eigenvalue weighted by atomic mass is 10.1. The molecule has 2 rings (SSSR count). The molecule has 0 bridgehead atoms. The third-order valence-corrected chi connectivity index (χ3v) is 3.19. The molecule has 0 aliphatic carbocycles. The molecule has 4 heteroatoms. The van der Waals surface area contributed by atoms with Crippen LogP contribution >= 0.6 is 0 Å². The van der Waals surface area contributed by atoms with E-state index in [0.29, 0.717) is 18.2 Å². The number of hydrogen-bond donors (Lipinski definition) is 1. The average Bonchev–Trinajstić information content (AvgIpc) is 2.42. The second-order valence-corrected chi connectivity index (χ2v) is 4.55. The normalized spacial score (nSPS) is 19.4. The molecule has 1 aliphatic rings. The number of nitriles is 1. The molecule has 1 saturated heterocycles. The van der Waals surface area contributed by atoms with E-state index in [1.807, 2.05) is 6.07 Å². The fourth-order valence-electron chi connectivity index (χ4n) is 2.16. The first-order valence-electron chi connectivity index (χ1n) is 6.30. The molecule has 0 aromatic heterocycles. The predicted molar refractivity (Wildman–Crippen MR) is 66.4 cm³/mol. The van der Waals surface area contributed by atoms with Crippen LogP contribution in [0.4, 0.5) is 4.39 Å². The van der Waals surface area contributed by atoms with Gasteiger partial charge in [-0.3, -0.25) is 0 Å². The van der Waals surface area contributed by atoms with Crippen LogP contribution in [0.1, 0.15) is 30.4 Å². The van der Waals surface area contributed by atoms with Crippen molar-refractivity contribution in [3.05, 3.63) is 35.1 Å². The Morgan fingerprint density at radius 3 is 3.06 bits per heavy atom. The number of piperidine rings is 1. The van der Waals surface area contributed by atoms with Gasteiger partial charge in [0, 0.05) is 11.6 Å². The highest BCUT2D eigenvalue weighted by molar-refractivity contribution is 5.34. The third-order valence-electron chi connectivity index (χ3n) is 3.19. The molecular formula is C14H17FN2O. The first kappa shape index (κ1) is 13.0. The molecular weight excluding hydrogens is 231 g/mol. The summed E-state index contributed by atoms with van der Waals surface area (Å²) in [6, 6.07) is 7.02. The minimum absolute atomic E-state index is 0.0758. The maximum atomic E-state index is 13.7. The van der Waals surface area contributed by atoms with Gasteiger partial charge in [0.05, 0.1) is 18.8 Å². The number of hydrogen-bond acceptors (Lipinski definition) is 3. The van der Waals surface area contributed by atoms with E-state index in [1.165, 1.54) is 18.9 Å². The van der Waals surface area contributed by atoms with E-state index >= 15 is 0 Å². The molecule has 1 unspecified atom stereocenters. The quantitative estimate of drug-likeness (QED) is 0.889. The number of benzene rings is 1. The molecule has 3 nitrogen and oxygen atoms in total. The fraction of sp³-hybridized carbons (Fsp3) is 0.500. The number of rotatable bonds is 4. The summed E-state index contributed by atoms with van der Waals surface area (Å²) >= 11 is 0. The van der Waals surface area contributed by atoms with Crippen LogP contribution in [0.3, 0.4) is 0 Å². The molecule has 1 heterocycles. The maximum absolute atomic E-state index is 13.7. The van der Waals surface area contributed by atoms with Gasteiger partial charge in [0.2, 0.25) is 0 Å². The molecule has 0 spiro atoms. The Bertz CT molecular complexity index is 436. The topological polar surface area (TPSA) is 45.0 Å². The van der Waals surface area contributed by atoms with Gasteiger partial charge in [-0.15, -0.1) is 0 Å². The zero-order chi connectivity index (χ0) is 12.8. The highest BCUT2D eigenvalue weighted by Gasteiger charge is 2.13. The molecule has 18 heavy (non-hydrogen) atoms. The number of ether oxygens (including phenoxy) is 1. The Kier molecular flexibility index (Phi) is 4.68. The van der Waals surface area contributed by atoms with Crippen LogP contribution < -0.4 is 5.32 Å². The number of nitrogens with one attached hydrogen (secondary N) is 1. The molecule has 0 amide bonds. The molecule has 1 aromatic rings. The van der Waals surface area contributed by atoms with Crippen molar-refractivity contribution in [1.29, 1.82) is 5.26 Å². The Hall–Kier alpha value is -1.44. The third kappa shape index (κ3) is 3.28. The molecule has 1 N–H and O–H groups in total. The van der Waals surface area contributed by atoms with Crippen molar-refractivity contribution in [2.45, 2.75) is 31.9 Å². The Morgan fingerprint density at radius 2 is 2.33 bits per heavy atom. The van der Waals surface area contributed by atoms with Crippen molar-refractivity contribution in [3.8, 4) is 6.07 Å². The Morgan fingerprint density at radius 1 is 1.44 bits per heavy atom. The first-order valence-corrected chi connectivity index (χ1v) is 6.30. The summed E-state index contributed by atoms with van der Waals surface area (Å²) in [6.07, 6.45) is 3.55. The van der Waals surface area contributed by atoms with Crippen molar-refractivity contribution < 1.29 is 9.13 Å². The molecule has 1 atom stereocenters. The lowest BCUT2D eigenvalue weighted by molar-refractivity contribution is 0.0893. The van der Waals surface area contributed by atoms with E-state index in [4.69, 9.17) is 10.00 Å². The van der Waals surface area contributed by atoms with Crippen molar-refractivity contribution in [3.63, 3.8) is 0 Å². The maximum Gasteiger partial charge on any atom is 0.146 e. The number of nitrogens with zero attached hydrogens (tertiary/aromatic N) is 1. The van der Waals surface area contributed by atoms with Crippen LogP contribution in [0.2, 0.25) is 0 Å². The SMILES string of the molecule is N#Cc1cccc(COCC2CCCCN2)c1F. The summed E-state index contributed by atoms with van der Waals surface area (Å²) in [5, 5.41) is 12.1. The monoisotopic (exact) mass is 248 g/mol. The Labute approximate surface area is 107 Å². The van der Waals surface area contributed by atoms with E-state index in [2.05, 4.69) is 5.32 Å². The fourth-order valence-corrected chi connectivity index (χ4v) is 2.16. The zero-order valence-electron chi connectivity index (χ0n) is 10.3.